The Hall–Kier alpha value is -7.63. The van der Waals surface area contributed by atoms with E-state index in [1.807, 2.05) is 60.7 Å². The summed E-state index contributed by atoms with van der Waals surface area (Å²) in [5, 5.41) is 4.15. The Balaban J connectivity index is 1.12. The van der Waals surface area contributed by atoms with Crippen LogP contribution in [0.2, 0.25) is 0 Å². The van der Waals surface area contributed by atoms with Crippen molar-refractivity contribution in [1.82, 2.24) is 15.0 Å². The highest BCUT2D eigenvalue weighted by Gasteiger charge is 2.21. The van der Waals surface area contributed by atoms with Gasteiger partial charge in [-0.2, -0.15) is 0 Å². The Kier molecular flexibility index (Phi) is 7.42. The molecule has 0 unspecified atom stereocenters. The van der Waals surface area contributed by atoms with E-state index in [1.165, 1.54) is 0 Å². The van der Waals surface area contributed by atoms with Gasteiger partial charge < -0.3 is 8.83 Å². The topological polar surface area (TPSA) is 65.0 Å². The Labute approximate surface area is 322 Å². The van der Waals surface area contributed by atoms with Crippen molar-refractivity contribution in [2.24, 2.45) is 0 Å². The normalized spacial score (nSPS) is 11.6. The predicted octanol–water partition coefficient (Wildman–Crippen LogP) is 13.7. The molecule has 0 amide bonds. The molecule has 0 aliphatic carbocycles. The summed E-state index contributed by atoms with van der Waals surface area (Å²) in [7, 11) is 0. The molecule has 3 aromatic heterocycles. The van der Waals surface area contributed by atoms with Gasteiger partial charge >= 0.3 is 0 Å². The van der Waals surface area contributed by atoms with Crippen molar-refractivity contribution in [3.05, 3.63) is 188 Å². The molecule has 8 aromatic carbocycles. The SMILES string of the molecule is c1ccc(-c2cccc(-c3nc(-c4ccccc4)nc(-c4cccc5c4oc4c(-c6cc(-c7ccccc7)c7oc8ccccc8c7c6)cccc45)n3)c2)cc1. The Morgan fingerprint density at radius 1 is 0.268 bits per heavy atom. The molecule has 0 saturated heterocycles. The van der Waals surface area contributed by atoms with Gasteiger partial charge in [-0.15, -0.1) is 0 Å². The molecule has 0 N–H and O–H groups in total. The van der Waals surface area contributed by atoms with Gasteiger partial charge in [0.15, 0.2) is 17.5 Å². The van der Waals surface area contributed by atoms with Gasteiger partial charge in [0.1, 0.15) is 22.3 Å². The highest BCUT2D eigenvalue weighted by molar-refractivity contribution is 6.15. The average Bonchev–Trinajstić information content (AvgIpc) is 3.86. The van der Waals surface area contributed by atoms with Gasteiger partial charge in [-0.25, -0.2) is 15.0 Å². The molecule has 0 fully saturated rings. The zero-order valence-electron chi connectivity index (χ0n) is 30.1. The first-order chi connectivity index (χ1) is 27.7. The molecule has 0 aliphatic heterocycles. The van der Waals surface area contributed by atoms with Gasteiger partial charge in [0.25, 0.3) is 0 Å². The van der Waals surface area contributed by atoms with Crippen LogP contribution in [0.1, 0.15) is 0 Å². The summed E-state index contributed by atoms with van der Waals surface area (Å²) in [5.41, 5.74) is 12.3. The second kappa shape index (κ2) is 13.0. The molecule has 11 aromatic rings. The quantitative estimate of drug-likeness (QED) is 0.171. The van der Waals surface area contributed by atoms with Gasteiger partial charge in [-0.3, -0.25) is 0 Å². The number of hydrogen-bond donors (Lipinski definition) is 0. The Bertz CT molecular complexity index is 3240. The Morgan fingerprint density at radius 3 is 1.54 bits per heavy atom. The lowest BCUT2D eigenvalue weighted by Gasteiger charge is -2.10. The first kappa shape index (κ1) is 31.9. The number of aromatic nitrogens is 3. The second-order valence-corrected chi connectivity index (χ2v) is 14.0. The monoisotopic (exact) mass is 717 g/mol. The third-order valence-electron chi connectivity index (χ3n) is 10.5. The minimum Gasteiger partial charge on any atom is -0.455 e. The summed E-state index contributed by atoms with van der Waals surface area (Å²) >= 11 is 0. The number of para-hydroxylation sites is 3. The molecule has 11 rings (SSSR count). The number of hydrogen-bond acceptors (Lipinski definition) is 5. The van der Waals surface area contributed by atoms with Crippen LogP contribution in [-0.4, -0.2) is 15.0 Å². The fraction of sp³-hybridized carbons (Fsp3) is 0. The molecule has 0 radical (unpaired) electrons. The molecule has 0 aliphatic rings. The van der Waals surface area contributed by atoms with Crippen LogP contribution in [0.4, 0.5) is 0 Å². The maximum atomic E-state index is 6.99. The summed E-state index contributed by atoms with van der Waals surface area (Å²) in [5.74, 6) is 1.73. The number of fused-ring (bicyclic) bond motifs is 6. The predicted molar refractivity (Wildman–Crippen MR) is 227 cm³/mol. The van der Waals surface area contributed by atoms with Crippen LogP contribution < -0.4 is 0 Å². The summed E-state index contributed by atoms with van der Waals surface area (Å²) in [6, 6.07) is 64.4. The van der Waals surface area contributed by atoms with Gasteiger partial charge in [0.2, 0.25) is 0 Å². The minimum atomic E-state index is 0.544. The van der Waals surface area contributed by atoms with E-state index in [0.717, 1.165) is 93.9 Å². The van der Waals surface area contributed by atoms with Crippen molar-refractivity contribution in [2.45, 2.75) is 0 Å². The molecular formula is C51H31N3O2. The molecule has 0 saturated carbocycles. The van der Waals surface area contributed by atoms with Gasteiger partial charge in [-0.1, -0.05) is 158 Å². The summed E-state index contributed by atoms with van der Waals surface area (Å²) in [6.07, 6.45) is 0. The fourth-order valence-corrected chi connectivity index (χ4v) is 7.85. The van der Waals surface area contributed by atoms with Crippen LogP contribution in [0.15, 0.2) is 197 Å². The first-order valence-corrected chi connectivity index (χ1v) is 18.7. The van der Waals surface area contributed by atoms with Gasteiger partial charge in [-0.05, 0) is 52.6 Å². The Morgan fingerprint density at radius 2 is 0.786 bits per heavy atom. The smallest absolute Gasteiger partial charge is 0.167 e. The molecule has 5 heteroatoms. The van der Waals surface area contributed by atoms with Crippen molar-refractivity contribution < 1.29 is 8.83 Å². The van der Waals surface area contributed by atoms with Crippen LogP contribution in [-0.2, 0) is 0 Å². The van der Waals surface area contributed by atoms with Gasteiger partial charge in [0, 0.05) is 43.8 Å². The average molecular weight is 718 g/mol. The first-order valence-electron chi connectivity index (χ1n) is 18.7. The molecule has 262 valence electrons. The third-order valence-corrected chi connectivity index (χ3v) is 10.5. The van der Waals surface area contributed by atoms with E-state index >= 15 is 0 Å². The zero-order chi connectivity index (χ0) is 37.0. The zero-order valence-corrected chi connectivity index (χ0v) is 30.1. The van der Waals surface area contributed by atoms with Crippen LogP contribution in [0.3, 0.4) is 0 Å². The van der Waals surface area contributed by atoms with Crippen molar-refractivity contribution in [1.29, 1.82) is 0 Å². The molecule has 0 atom stereocenters. The maximum absolute atomic E-state index is 6.99. The number of rotatable bonds is 6. The molecule has 5 nitrogen and oxygen atoms in total. The number of nitrogens with zero attached hydrogens (tertiary/aromatic N) is 3. The lowest BCUT2D eigenvalue weighted by atomic mass is 9.95. The summed E-state index contributed by atoms with van der Waals surface area (Å²) in [4.78, 5) is 15.3. The van der Waals surface area contributed by atoms with Crippen LogP contribution in [0, 0.1) is 0 Å². The second-order valence-electron chi connectivity index (χ2n) is 14.0. The number of furan rings is 2. The third kappa shape index (κ3) is 5.37. The van der Waals surface area contributed by atoms with Gasteiger partial charge in [0.05, 0.1) is 5.56 Å². The van der Waals surface area contributed by atoms with Crippen molar-refractivity contribution in [3.8, 4) is 67.5 Å². The van der Waals surface area contributed by atoms with Crippen molar-refractivity contribution >= 4 is 43.9 Å². The number of benzene rings is 8. The highest BCUT2D eigenvalue weighted by atomic mass is 16.3. The van der Waals surface area contributed by atoms with E-state index in [-0.39, 0.29) is 0 Å². The maximum Gasteiger partial charge on any atom is 0.167 e. The van der Waals surface area contributed by atoms with E-state index in [2.05, 4.69) is 127 Å². The van der Waals surface area contributed by atoms with E-state index in [1.54, 1.807) is 0 Å². The molecule has 0 bridgehead atoms. The largest absolute Gasteiger partial charge is 0.455 e. The molecule has 0 spiro atoms. The van der Waals surface area contributed by atoms with E-state index in [4.69, 9.17) is 23.8 Å². The van der Waals surface area contributed by atoms with Crippen LogP contribution >= 0.6 is 0 Å². The van der Waals surface area contributed by atoms with Crippen LogP contribution in [0.5, 0.6) is 0 Å². The summed E-state index contributed by atoms with van der Waals surface area (Å²) in [6.45, 7) is 0. The highest BCUT2D eigenvalue weighted by Crippen LogP contribution is 2.44. The van der Waals surface area contributed by atoms with E-state index in [0.29, 0.717) is 17.5 Å². The minimum absolute atomic E-state index is 0.544. The van der Waals surface area contributed by atoms with Crippen molar-refractivity contribution in [3.63, 3.8) is 0 Å². The molecule has 56 heavy (non-hydrogen) atoms. The molecule has 3 heterocycles. The fourth-order valence-electron chi connectivity index (χ4n) is 7.85. The standard InChI is InChI=1S/C51H31N3O2/c1-4-15-32(16-5-1)35-21-12-22-36(29-35)50-52-49(34-19-8-3-9-20-34)53-51(54-50)42-27-14-26-41-40-25-13-24-38(46(40)56-47(41)42)37-30-43(33-17-6-2-7-18-33)48-44(31-37)39-23-10-11-28-45(39)55-48/h1-31H. The lowest BCUT2D eigenvalue weighted by Crippen LogP contribution is -2.00. The lowest BCUT2D eigenvalue weighted by molar-refractivity contribution is 0.669. The van der Waals surface area contributed by atoms with Crippen LogP contribution in [0.25, 0.3) is 111 Å². The summed E-state index contributed by atoms with van der Waals surface area (Å²) < 4.78 is 13.5. The van der Waals surface area contributed by atoms with E-state index < -0.39 is 0 Å². The van der Waals surface area contributed by atoms with E-state index in [9.17, 15) is 0 Å². The molecular weight excluding hydrogens is 687 g/mol. The van der Waals surface area contributed by atoms with Crippen molar-refractivity contribution in [2.75, 3.05) is 0 Å².